The molecule has 1 aliphatic heterocycles. The third kappa shape index (κ3) is 5.60. The Labute approximate surface area is 157 Å². The van der Waals surface area contributed by atoms with Gasteiger partial charge in [-0.05, 0) is 36.0 Å². The fourth-order valence-corrected chi connectivity index (χ4v) is 3.45. The minimum Gasteiger partial charge on any atom is -0.356 e. The first-order valence-corrected chi connectivity index (χ1v) is 9.63. The molecular weight excluding hydrogens is 320 g/mol. The average molecular weight is 351 g/mol. The summed E-state index contributed by atoms with van der Waals surface area (Å²) in [6.45, 7) is 5.22. The van der Waals surface area contributed by atoms with Crippen LogP contribution in [0.4, 0.5) is 0 Å². The summed E-state index contributed by atoms with van der Waals surface area (Å²) in [4.78, 5) is 6.87. The third-order valence-electron chi connectivity index (χ3n) is 4.93. The molecule has 0 amide bonds. The monoisotopic (exact) mass is 350 g/mol. The molecule has 3 rings (SSSR count). The zero-order chi connectivity index (χ0) is 18.0. The maximum absolute atomic E-state index is 4.31. The smallest absolute Gasteiger partial charge is 0.190 e. The molecule has 0 fully saturated rings. The summed E-state index contributed by atoms with van der Waals surface area (Å²) in [5, 5.41) is 6.82. The van der Waals surface area contributed by atoms with Crippen molar-refractivity contribution in [1.29, 1.82) is 0 Å². The quantitative estimate of drug-likeness (QED) is 0.458. The van der Waals surface area contributed by atoms with Crippen molar-refractivity contribution < 1.29 is 0 Å². The summed E-state index contributed by atoms with van der Waals surface area (Å²) in [6.07, 6.45) is 3.31. The van der Waals surface area contributed by atoms with Crippen molar-refractivity contribution in [3.8, 4) is 0 Å². The van der Waals surface area contributed by atoms with Crippen LogP contribution in [0.3, 0.4) is 0 Å². The zero-order valence-corrected chi connectivity index (χ0v) is 15.7. The fraction of sp³-hybridized carbons (Fsp3) is 0.409. The van der Waals surface area contributed by atoms with Crippen LogP contribution in [0.1, 0.15) is 23.1 Å². The maximum Gasteiger partial charge on any atom is 0.190 e. The molecule has 0 unspecified atom stereocenters. The average Bonchev–Trinajstić information content (AvgIpc) is 2.70. The molecule has 0 radical (unpaired) electrons. The summed E-state index contributed by atoms with van der Waals surface area (Å²) in [5.74, 6) is 0.893. The Bertz CT molecular complexity index is 696. The van der Waals surface area contributed by atoms with E-state index < -0.39 is 0 Å². The van der Waals surface area contributed by atoms with Gasteiger partial charge in [0.25, 0.3) is 0 Å². The highest BCUT2D eigenvalue weighted by molar-refractivity contribution is 5.79. The molecule has 0 bridgehead atoms. The Morgan fingerprint density at radius 1 is 0.962 bits per heavy atom. The highest BCUT2D eigenvalue weighted by Crippen LogP contribution is 2.18. The van der Waals surface area contributed by atoms with E-state index in [9.17, 15) is 0 Å². The van der Waals surface area contributed by atoms with Gasteiger partial charge in [0.2, 0.25) is 0 Å². The Morgan fingerprint density at radius 3 is 2.50 bits per heavy atom. The number of guanidine groups is 1. The molecule has 1 heterocycles. The highest BCUT2D eigenvalue weighted by Gasteiger charge is 2.14. The van der Waals surface area contributed by atoms with Crippen molar-refractivity contribution in [1.82, 2.24) is 15.5 Å². The number of rotatable bonds is 7. The summed E-state index contributed by atoms with van der Waals surface area (Å²) in [5.41, 5.74) is 4.36. The standard InChI is InChI=1S/C22H30N4/c1-23-22(25-15-12-19-8-3-2-4-9-19)24-14-7-16-26-17-13-20-10-5-6-11-21(20)18-26/h2-6,8-11H,7,12-18H2,1H3,(H2,23,24,25). The van der Waals surface area contributed by atoms with E-state index in [1.54, 1.807) is 0 Å². The van der Waals surface area contributed by atoms with Crippen LogP contribution in [-0.4, -0.2) is 44.1 Å². The molecule has 0 saturated heterocycles. The number of fused-ring (bicyclic) bond motifs is 1. The van der Waals surface area contributed by atoms with E-state index in [-0.39, 0.29) is 0 Å². The van der Waals surface area contributed by atoms with Gasteiger partial charge in [0.1, 0.15) is 0 Å². The second-order valence-corrected chi connectivity index (χ2v) is 6.81. The molecular formula is C22H30N4. The van der Waals surface area contributed by atoms with Crippen LogP contribution in [0.5, 0.6) is 0 Å². The maximum atomic E-state index is 4.31. The van der Waals surface area contributed by atoms with E-state index in [2.05, 4.69) is 75.1 Å². The van der Waals surface area contributed by atoms with E-state index >= 15 is 0 Å². The van der Waals surface area contributed by atoms with Crippen LogP contribution in [-0.2, 0) is 19.4 Å². The van der Waals surface area contributed by atoms with E-state index in [0.29, 0.717) is 0 Å². The SMILES string of the molecule is CN=C(NCCCN1CCc2ccccc2C1)NCCc1ccccc1. The van der Waals surface area contributed by atoms with Crippen molar-refractivity contribution in [3.05, 3.63) is 71.3 Å². The van der Waals surface area contributed by atoms with Gasteiger partial charge in [-0.25, -0.2) is 0 Å². The van der Waals surface area contributed by atoms with E-state index in [0.717, 1.165) is 45.0 Å². The van der Waals surface area contributed by atoms with Crippen LogP contribution < -0.4 is 10.6 Å². The topological polar surface area (TPSA) is 39.7 Å². The minimum absolute atomic E-state index is 0.893. The van der Waals surface area contributed by atoms with Gasteiger partial charge in [-0.1, -0.05) is 54.6 Å². The zero-order valence-electron chi connectivity index (χ0n) is 15.7. The molecule has 2 aromatic carbocycles. The molecule has 0 spiro atoms. The fourth-order valence-electron chi connectivity index (χ4n) is 3.45. The number of hydrogen-bond donors (Lipinski definition) is 2. The molecule has 0 aliphatic carbocycles. The van der Waals surface area contributed by atoms with E-state index in [4.69, 9.17) is 0 Å². The van der Waals surface area contributed by atoms with Gasteiger partial charge >= 0.3 is 0 Å². The van der Waals surface area contributed by atoms with Crippen molar-refractivity contribution >= 4 is 5.96 Å². The Hall–Kier alpha value is -2.33. The van der Waals surface area contributed by atoms with Gasteiger partial charge < -0.3 is 10.6 Å². The predicted molar refractivity (Wildman–Crippen MR) is 110 cm³/mol. The number of hydrogen-bond acceptors (Lipinski definition) is 2. The molecule has 1 aliphatic rings. The number of benzene rings is 2. The molecule has 138 valence electrons. The molecule has 2 aromatic rings. The molecule has 26 heavy (non-hydrogen) atoms. The lowest BCUT2D eigenvalue weighted by atomic mass is 10.00. The molecule has 4 nitrogen and oxygen atoms in total. The van der Waals surface area contributed by atoms with Gasteiger partial charge in [0, 0.05) is 39.8 Å². The largest absolute Gasteiger partial charge is 0.356 e. The lowest BCUT2D eigenvalue weighted by molar-refractivity contribution is 0.251. The molecule has 0 aromatic heterocycles. The summed E-state index contributed by atoms with van der Waals surface area (Å²) < 4.78 is 0. The van der Waals surface area contributed by atoms with Crippen LogP contribution in [0.25, 0.3) is 0 Å². The van der Waals surface area contributed by atoms with E-state index in [1.165, 1.54) is 29.7 Å². The number of nitrogens with one attached hydrogen (secondary N) is 2. The second-order valence-electron chi connectivity index (χ2n) is 6.81. The lowest BCUT2D eigenvalue weighted by Crippen LogP contribution is -2.40. The first kappa shape index (κ1) is 18.5. The number of nitrogens with zero attached hydrogens (tertiary/aromatic N) is 2. The first-order chi connectivity index (χ1) is 12.8. The molecule has 4 heteroatoms. The van der Waals surface area contributed by atoms with Crippen LogP contribution in [0.2, 0.25) is 0 Å². The van der Waals surface area contributed by atoms with Gasteiger partial charge in [-0.15, -0.1) is 0 Å². The van der Waals surface area contributed by atoms with E-state index in [1.807, 2.05) is 7.05 Å². The summed E-state index contributed by atoms with van der Waals surface area (Å²) in [7, 11) is 1.83. The summed E-state index contributed by atoms with van der Waals surface area (Å²) >= 11 is 0. The highest BCUT2D eigenvalue weighted by atomic mass is 15.2. The molecule has 2 N–H and O–H groups in total. The lowest BCUT2D eigenvalue weighted by Gasteiger charge is -2.28. The predicted octanol–water partition coefficient (Wildman–Crippen LogP) is 2.84. The third-order valence-corrected chi connectivity index (χ3v) is 4.93. The minimum atomic E-state index is 0.893. The van der Waals surface area contributed by atoms with Gasteiger partial charge in [-0.2, -0.15) is 0 Å². The summed E-state index contributed by atoms with van der Waals surface area (Å²) in [6, 6.07) is 19.4. The first-order valence-electron chi connectivity index (χ1n) is 9.63. The van der Waals surface area contributed by atoms with Crippen LogP contribution in [0, 0.1) is 0 Å². The van der Waals surface area contributed by atoms with Crippen LogP contribution in [0.15, 0.2) is 59.6 Å². The van der Waals surface area contributed by atoms with Gasteiger partial charge in [-0.3, -0.25) is 9.89 Å². The Morgan fingerprint density at radius 2 is 1.69 bits per heavy atom. The number of aliphatic imine (C=N–C) groups is 1. The molecule has 0 atom stereocenters. The Kier molecular flexibility index (Phi) is 7.08. The van der Waals surface area contributed by atoms with Crippen molar-refractivity contribution in [2.75, 3.05) is 33.2 Å². The van der Waals surface area contributed by atoms with Crippen LogP contribution >= 0.6 is 0 Å². The second kappa shape index (κ2) is 9.97. The van der Waals surface area contributed by atoms with Crippen molar-refractivity contribution in [3.63, 3.8) is 0 Å². The molecule has 0 saturated carbocycles. The van der Waals surface area contributed by atoms with Crippen molar-refractivity contribution in [2.24, 2.45) is 4.99 Å². The van der Waals surface area contributed by atoms with Gasteiger partial charge in [0.05, 0.1) is 0 Å². The normalized spacial score (nSPS) is 14.7. The van der Waals surface area contributed by atoms with Gasteiger partial charge in [0.15, 0.2) is 5.96 Å². The Balaban J connectivity index is 1.31. The van der Waals surface area contributed by atoms with Crippen molar-refractivity contribution in [2.45, 2.75) is 25.8 Å².